The minimum absolute atomic E-state index is 0.0250. The van der Waals surface area contributed by atoms with Gasteiger partial charge in [-0.3, -0.25) is 9.69 Å². The number of aliphatic hydroxyl groups is 3. The molecule has 2 amide bonds. The first-order chi connectivity index (χ1) is 19.5. The second-order valence-corrected chi connectivity index (χ2v) is 9.57. The number of nitrogens with one attached hydrogen (secondary N) is 1. The molecule has 1 heterocycles. The van der Waals surface area contributed by atoms with Crippen LogP contribution >= 0.6 is 0 Å². The Morgan fingerprint density at radius 3 is 2.37 bits per heavy atom. The van der Waals surface area contributed by atoms with E-state index in [-0.39, 0.29) is 30.9 Å². The van der Waals surface area contributed by atoms with Gasteiger partial charge in [0.1, 0.15) is 37.4 Å². The smallest absolute Gasteiger partial charge is 0.411 e. The molecule has 41 heavy (non-hydrogen) atoms. The van der Waals surface area contributed by atoms with Gasteiger partial charge in [-0.15, -0.1) is 0 Å². The van der Waals surface area contributed by atoms with E-state index in [0.717, 1.165) is 5.56 Å². The fraction of sp³-hybridized carbons (Fsp3) is 0.464. The monoisotopic (exact) mass is 576 g/mol. The fourth-order valence-electron chi connectivity index (χ4n) is 4.06. The van der Waals surface area contributed by atoms with Crippen molar-refractivity contribution in [1.82, 2.24) is 4.90 Å². The molecule has 3 rings (SSSR count). The third kappa shape index (κ3) is 8.87. The number of benzene rings is 2. The lowest BCUT2D eigenvalue weighted by atomic mass is 9.99. The second-order valence-electron chi connectivity index (χ2n) is 9.57. The van der Waals surface area contributed by atoms with Crippen LogP contribution in [0.1, 0.15) is 31.9 Å². The van der Waals surface area contributed by atoms with Crippen LogP contribution in [0.5, 0.6) is 5.75 Å². The van der Waals surface area contributed by atoms with Crippen molar-refractivity contribution in [3.63, 3.8) is 0 Å². The molecule has 0 aliphatic carbocycles. The molecular formula is C28H36N2O11. The van der Waals surface area contributed by atoms with Crippen LogP contribution in [0.2, 0.25) is 0 Å². The van der Waals surface area contributed by atoms with Gasteiger partial charge >= 0.3 is 12.1 Å². The van der Waals surface area contributed by atoms with Gasteiger partial charge < -0.3 is 44.7 Å². The molecule has 4 unspecified atom stereocenters. The van der Waals surface area contributed by atoms with Gasteiger partial charge in [-0.1, -0.05) is 36.4 Å². The molecule has 1 fully saturated rings. The molecule has 1 aliphatic rings. The Hall–Kier alpha value is -3.75. The molecule has 13 nitrogen and oxygen atoms in total. The van der Waals surface area contributed by atoms with Crippen molar-refractivity contribution in [2.45, 2.75) is 70.6 Å². The molecule has 224 valence electrons. The highest BCUT2D eigenvalue weighted by Crippen LogP contribution is 2.31. The van der Waals surface area contributed by atoms with Crippen molar-refractivity contribution in [2.75, 3.05) is 18.6 Å². The fourth-order valence-corrected chi connectivity index (χ4v) is 4.06. The number of carbonyl (C=O) groups excluding carboxylic acids is 2. The normalized spacial score (nSPS) is 22.8. The highest BCUT2D eigenvalue weighted by molar-refractivity contribution is 5.90. The van der Waals surface area contributed by atoms with E-state index in [9.17, 15) is 34.8 Å². The number of ether oxygens (including phenoxy) is 4. The standard InChI is InChI=1S/C28H36N2O11/c1-4-30(15-39-16(2)12-18-8-6-5-7-9-18)28(37)38-14-19-10-11-21(20(13-19)29-17(3)31)40-27-24(34)22(32)23(33)25(41-27)26(35)36/h5-11,13,16,22-25,27,32-34H,4,12,14-15H2,1-3H3,(H,29,31)(H,35,36)/t16?,22-,23?,24-,25?,27?/m0/s1. The number of hydrogen-bond acceptors (Lipinski definition) is 10. The molecule has 0 radical (unpaired) electrons. The third-order valence-electron chi connectivity index (χ3n) is 6.29. The third-order valence-corrected chi connectivity index (χ3v) is 6.29. The van der Waals surface area contributed by atoms with Gasteiger partial charge in [0.05, 0.1) is 11.8 Å². The maximum absolute atomic E-state index is 12.7. The van der Waals surface area contributed by atoms with Gasteiger partial charge in [0.2, 0.25) is 12.2 Å². The van der Waals surface area contributed by atoms with E-state index >= 15 is 0 Å². The number of amides is 2. The Labute approximate surface area is 237 Å². The number of nitrogens with zero attached hydrogens (tertiary/aromatic N) is 1. The van der Waals surface area contributed by atoms with Crippen molar-refractivity contribution in [2.24, 2.45) is 0 Å². The number of aliphatic hydroxyl groups excluding tert-OH is 3. The molecule has 13 heteroatoms. The van der Waals surface area contributed by atoms with E-state index < -0.39 is 48.7 Å². The Morgan fingerprint density at radius 2 is 1.73 bits per heavy atom. The number of hydrogen-bond donors (Lipinski definition) is 5. The summed E-state index contributed by atoms with van der Waals surface area (Å²) in [7, 11) is 0. The molecule has 6 atom stereocenters. The van der Waals surface area contributed by atoms with Crippen molar-refractivity contribution < 1.29 is 53.8 Å². The molecule has 0 spiro atoms. The zero-order valence-corrected chi connectivity index (χ0v) is 23.0. The lowest BCUT2D eigenvalue weighted by Gasteiger charge is -2.38. The highest BCUT2D eigenvalue weighted by Gasteiger charge is 2.48. The van der Waals surface area contributed by atoms with Crippen LogP contribution < -0.4 is 10.1 Å². The summed E-state index contributed by atoms with van der Waals surface area (Å²) in [5.74, 6) is -2.05. The Kier molecular flexibility index (Phi) is 11.4. The lowest BCUT2D eigenvalue weighted by Crippen LogP contribution is -2.61. The zero-order chi connectivity index (χ0) is 30.1. The van der Waals surface area contributed by atoms with Crippen LogP contribution in [0.3, 0.4) is 0 Å². The first-order valence-electron chi connectivity index (χ1n) is 13.1. The summed E-state index contributed by atoms with van der Waals surface area (Å²) in [5, 5.41) is 42.0. The topological polar surface area (TPSA) is 184 Å². The van der Waals surface area contributed by atoms with Gasteiger partial charge in [0.25, 0.3) is 0 Å². The summed E-state index contributed by atoms with van der Waals surface area (Å²) in [6, 6.07) is 14.2. The van der Waals surface area contributed by atoms with Crippen LogP contribution in [0.4, 0.5) is 10.5 Å². The summed E-state index contributed by atoms with van der Waals surface area (Å²) < 4.78 is 22.0. The number of carboxylic acid groups (broad SMARTS) is 1. The number of carbonyl (C=O) groups is 3. The average Bonchev–Trinajstić information content (AvgIpc) is 2.93. The van der Waals surface area contributed by atoms with Crippen molar-refractivity contribution in [3.05, 3.63) is 59.7 Å². The first kappa shape index (κ1) is 31.8. The minimum Gasteiger partial charge on any atom is -0.479 e. The number of carboxylic acids is 1. The number of aliphatic carboxylic acids is 1. The molecule has 0 bridgehead atoms. The number of anilines is 1. The lowest BCUT2D eigenvalue weighted by molar-refractivity contribution is -0.271. The summed E-state index contributed by atoms with van der Waals surface area (Å²) >= 11 is 0. The maximum Gasteiger partial charge on any atom is 0.411 e. The van der Waals surface area contributed by atoms with Gasteiger partial charge in [0, 0.05) is 13.5 Å². The van der Waals surface area contributed by atoms with Gasteiger partial charge in [-0.05, 0) is 43.5 Å². The van der Waals surface area contributed by atoms with Crippen molar-refractivity contribution >= 4 is 23.7 Å². The quantitative estimate of drug-likeness (QED) is 0.231. The zero-order valence-electron chi connectivity index (χ0n) is 23.0. The summed E-state index contributed by atoms with van der Waals surface area (Å²) in [6.07, 6.45) is -9.10. The Balaban J connectivity index is 1.62. The van der Waals surface area contributed by atoms with E-state index in [1.807, 2.05) is 37.3 Å². The molecule has 5 N–H and O–H groups in total. The van der Waals surface area contributed by atoms with Crippen LogP contribution in [0.25, 0.3) is 0 Å². The Morgan fingerprint density at radius 1 is 1.02 bits per heavy atom. The van der Waals surface area contributed by atoms with Gasteiger partial charge in [-0.25, -0.2) is 9.59 Å². The first-order valence-corrected chi connectivity index (χ1v) is 13.1. The highest BCUT2D eigenvalue weighted by atomic mass is 16.7. The molecule has 2 aromatic rings. The second kappa shape index (κ2) is 14.8. The molecule has 0 saturated carbocycles. The predicted octanol–water partition coefficient (Wildman–Crippen LogP) is 1.48. The maximum atomic E-state index is 12.7. The van der Waals surface area contributed by atoms with Crippen molar-refractivity contribution in [1.29, 1.82) is 0 Å². The van der Waals surface area contributed by atoms with Crippen molar-refractivity contribution in [3.8, 4) is 5.75 Å². The largest absolute Gasteiger partial charge is 0.479 e. The predicted molar refractivity (Wildman–Crippen MR) is 144 cm³/mol. The van der Waals surface area contributed by atoms with Gasteiger partial charge in [0.15, 0.2) is 6.10 Å². The molecule has 1 saturated heterocycles. The summed E-state index contributed by atoms with van der Waals surface area (Å²) in [4.78, 5) is 37.3. The molecule has 0 aromatic heterocycles. The van der Waals surface area contributed by atoms with E-state index in [1.54, 1.807) is 6.92 Å². The SMILES string of the molecule is CCN(COC(C)Cc1ccccc1)C(=O)OCc1ccc(OC2OC(C(=O)O)C(O)[C@H](O)[C@@H]2O)c(NC(C)=O)c1. The molecular weight excluding hydrogens is 540 g/mol. The van der Waals surface area contributed by atoms with Crippen LogP contribution in [-0.2, 0) is 36.8 Å². The van der Waals surface area contributed by atoms with Crippen LogP contribution in [-0.4, -0.2) is 93.4 Å². The van der Waals surface area contributed by atoms with E-state index in [4.69, 9.17) is 18.9 Å². The molecule has 1 aliphatic heterocycles. The van der Waals surface area contributed by atoms with Crippen LogP contribution in [0.15, 0.2) is 48.5 Å². The number of rotatable bonds is 12. The van der Waals surface area contributed by atoms with E-state index in [0.29, 0.717) is 18.5 Å². The molecule has 2 aromatic carbocycles. The minimum atomic E-state index is -1.88. The average molecular weight is 577 g/mol. The summed E-state index contributed by atoms with van der Waals surface area (Å²) in [6.45, 7) is 5.19. The summed E-state index contributed by atoms with van der Waals surface area (Å²) in [5.41, 5.74) is 1.71. The van der Waals surface area contributed by atoms with Crippen LogP contribution in [0, 0.1) is 0 Å². The van der Waals surface area contributed by atoms with E-state index in [2.05, 4.69) is 5.32 Å². The van der Waals surface area contributed by atoms with E-state index in [1.165, 1.54) is 30.0 Å². The Bertz CT molecular complexity index is 1180. The van der Waals surface area contributed by atoms with Gasteiger partial charge in [-0.2, -0.15) is 0 Å².